The van der Waals surface area contributed by atoms with Gasteiger partial charge in [-0.3, -0.25) is 9.80 Å². The number of likely N-dealkylation sites (N-methyl/N-ethyl adjacent to an activating group) is 1. The summed E-state index contributed by atoms with van der Waals surface area (Å²) in [6.07, 6.45) is -1.42. The Bertz CT molecular complexity index is 251. The first kappa shape index (κ1) is 12.3. The third kappa shape index (κ3) is 1.87. The van der Waals surface area contributed by atoms with E-state index in [-0.39, 0.29) is 12.1 Å². The minimum Gasteiger partial charge on any atom is -0.391 e. The Labute approximate surface area is 96.3 Å². The first-order chi connectivity index (χ1) is 7.56. The Balaban J connectivity index is 2.12. The third-order valence-electron chi connectivity index (χ3n) is 4.11. The van der Waals surface area contributed by atoms with Crippen LogP contribution in [0.3, 0.4) is 0 Å². The first-order valence-corrected chi connectivity index (χ1v) is 6.04. The van der Waals surface area contributed by atoms with E-state index >= 15 is 0 Å². The van der Waals surface area contributed by atoms with Crippen LogP contribution in [0.4, 0.5) is 0 Å². The van der Waals surface area contributed by atoms with Gasteiger partial charge in [0.2, 0.25) is 0 Å². The van der Waals surface area contributed by atoms with Crippen LogP contribution in [0.15, 0.2) is 0 Å². The van der Waals surface area contributed by atoms with Crippen molar-refractivity contribution in [3.05, 3.63) is 0 Å². The molecular formula is C11H22N2O3. The van der Waals surface area contributed by atoms with E-state index in [2.05, 4.69) is 9.80 Å². The second-order valence-electron chi connectivity index (χ2n) is 4.96. The molecule has 2 fully saturated rings. The molecule has 94 valence electrons. The number of aliphatic hydroxyl groups excluding tert-OH is 3. The summed E-state index contributed by atoms with van der Waals surface area (Å²) in [5, 5.41) is 29.9. The van der Waals surface area contributed by atoms with Gasteiger partial charge in [0, 0.05) is 13.1 Å². The molecule has 16 heavy (non-hydrogen) atoms. The van der Waals surface area contributed by atoms with Crippen molar-refractivity contribution in [1.29, 1.82) is 0 Å². The molecule has 0 radical (unpaired) electrons. The van der Waals surface area contributed by atoms with Crippen molar-refractivity contribution in [1.82, 2.24) is 9.80 Å². The zero-order chi connectivity index (χ0) is 11.9. The van der Waals surface area contributed by atoms with Gasteiger partial charge in [-0.1, -0.05) is 6.92 Å². The quantitative estimate of drug-likeness (QED) is 0.537. The molecule has 0 aromatic rings. The summed E-state index contributed by atoms with van der Waals surface area (Å²) in [6, 6.07) is -0.321. The number of fused-ring (bicyclic) bond motifs is 1. The second-order valence-corrected chi connectivity index (χ2v) is 4.96. The number of piperidine rings is 1. The largest absolute Gasteiger partial charge is 0.391 e. The lowest BCUT2D eigenvalue weighted by Crippen LogP contribution is -2.65. The Kier molecular flexibility index (Phi) is 3.51. The van der Waals surface area contributed by atoms with E-state index < -0.39 is 18.3 Å². The fourth-order valence-electron chi connectivity index (χ4n) is 2.93. The van der Waals surface area contributed by atoms with Crippen molar-refractivity contribution in [2.45, 2.75) is 43.7 Å². The normalized spacial score (nSPS) is 45.0. The van der Waals surface area contributed by atoms with Crippen molar-refractivity contribution in [3.63, 3.8) is 0 Å². The minimum absolute atomic E-state index is 0.0402. The van der Waals surface area contributed by atoms with Gasteiger partial charge in [0.15, 0.2) is 0 Å². The van der Waals surface area contributed by atoms with E-state index in [4.69, 9.17) is 0 Å². The van der Waals surface area contributed by atoms with Gasteiger partial charge in [0.1, 0.15) is 0 Å². The summed E-state index contributed by atoms with van der Waals surface area (Å²) in [7, 11) is 1.95. The molecule has 0 bridgehead atoms. The lowest BCUT2D eigenvalue weighted by molar-refractivity contribution is -0.121. The third-order valence-corrected chi connectivity index (χ3v) is 4.11. The number of nitrogens with zero attached hydrogens (tertiary/aromatic N) is 2. The van der Waals surface area contributed by atoms with Gasteiger partial charge in [-0.25, -0.2) is 0 Å². The number of hydrogen-bond acceptors (Lipinski definition) is 5. The highest BCUT2D eigenvalue weighted by atomic mass is 16.3. The molecule has 2 aliphatic heterocycles. The molecular weight excluding hydrogens is 208 g/mol. The molecule has 5 atom stereocenters. The molecule has 0 amide bonds. The van der Waals surface area contributed by atoms with Crippen molar-refractivity contribution in [2.75, 3.05) is 26.7 Å². The number of hydrogen-bond donors (Lipinski definition) is 3. The SMILES string of the molecule is CCN(C)[C@H]1CN2CC[C@H](O)C2[C@@H](O)[C@@H]1O. The maximum Gasteiger partial charge on any atom is 0.0994 e. The van der Waals surface area contributed by atoms with E-state index in [1.165, 1.54) is 0 Å². The van der Waals surface area contributed by atoms with Gasteiger partial charge in [-0.15, -0.1) is 0 Å². The summed E-state index contributed by atoms with van der Waals surface area (Å²) >= 11 is 0. The van der Waals surface area contributed by atoms with Crippen LogP contribution < -0.4 is 0 Å². The Hall–Kier alpha value is -0.200. The van der Waals surface area contributed by atoms with Crippen molar-refractivity contribution >= 4 is 0 Å². The average Bonchev–Trinajstić information content (AvgIpc) is 2.64. The van der Waals surface area contributed by atoms with Crippen LogP contribution in [0.25, 0.3) is 0 Å². The summed E-state index contributed by atoms with van der Waals surface area (Å²) in [4.78, 5) is 4.15. The van der Waals surface area contributed by atoms with Gasteiger partial charge in [-0.05, 0) is 20.0 Å². The monoisotopic (exact) mass is 230 g/mol. The molecule has 0 aliphatic carbocycles. The molecule has 1 unspecified atom stereocenters. The molecule has 5 heteroatoms. The van der Waals surface area contributed by atoms with Crippen LogP contribution in [0, 0.1) is 0 Å². The fourth-order valence-corrected chi connectivity index (χ4v) is 2.93. The van der Waals surface area contributed by atoms with Gasteiger partial charge in [0.05, 0.1) is 30.4 Å². The molecule has 0 aromatic heterocycles. The highest BCUT2D eigenvalue weighted by Crippen LogP contribution is 2.29. The minimum atomic E-state index is -0.842. The van der Waals surface area contributed by atoms with E-state index in [0.29, 0.717) is 6.42 Å². The number of rotatable bonds is 2. The highest BCUT2D eigenvalue weighted by Gasteiger charge is 2.48. The van der Waals surface area contributed by atoms with Gasteiger partial charge >= 0.3 is 0 Å². The molecule has 0 aromatic carbocycles. The van der Waals surface area contributed by atoms with Crippen molar-refractivity contribution < 1.29 is 15.3 Å². The Morgan fingerprint density at radius 1 is 1.25 bits per heavy atom. The zero-order valence-electron chi connectivity index (χ0n) is 9.95. The molecule has 0 spiro atoms. The standard InChI is InChI=1S/C11H22N2O3/c1-3-12(2)7-6-13-5-4-8(14)9(13)11(16)10(7)15/h7-11,14-16H,3-6H2,1-2H3/t7-,8-,9?,10+,11+/m0/s1. The van der Waals surface area contributed by atoms with E-state index in [1.807, 2.05) is 14.0 Å². The van der Waals surface area contributed by atoms with Gasteiger partial charge < -0.3 is 15.3 Å². The van der Waals surface area contributed by atoms with Crippen LogP contribution in [-0.2, 0) is 0 Å². The average molecular weight is 230 g/mol. The first-order valence-electron chi connectivity index (χ1n) is 6.04. The maximum absolute atomic E-state index is 10.1. The van der Waals surface area contributed by atoms with Crippen LogP contribution in [0.5, 0.6) is 0 Å². The molecule has 3 N–H and O–H groups in total. The van der Waals surface area contributed by atoms with Crippen molar-refractivity contribution in [2.24, 2.45) is 0 Å². The van der Waals surface area contributed by atoms with Gasteiger partial charge in [-0.2, -0.15) is 0 Å². The predicted molar refractivity (Wildman–Crippen MR) is 60.1 cm³/mol. The Morgan fingerprint density at radius 3 is 2.56 bits per heavy atom. The molecule has 2 heterocycles. The van der Waals surface area contributed by atoms with E-state index in [0.717, 1.165) is 19.6 Å². The predicted octanol–water partition coefficient (Wildman–Crippen LogP) is -1.52. The maximum atomic E-state index is 10.1. The highest BCUT2D eigenvalue weighted by molar-refractivity contribution is 5.03. The lowest BCUT2D eigenvalue weighted by atomic mass is 9.90. The van der Waals surface area contributed by atoms with Crippen LogP contribution in [0.1, 0.15) is 13.3 Å². The van der Waals surface area contributed by atoms with Crippen LogP contribution in [0.2, 0.25) is 0 Å². The van der Waals surface area contributed by atoms with E-state index in [9.17, 15) is 15.3 Å². The van der Waals surface area contributed by atoms with E-state index in [1.54, 1.807) is 0 Å². The fraction of sp³-hybridized carbons (Fsp3) is 1.00. The topological polar surface area (TPSA) is 67.2 Å². The summed E-state index contributed by atoms with van der Waals surface area (Å²) in [6.45, 7) is 4.41. The summed E-state index contributed by atoms with van der Waals surface area (Å²) in [5.41, 5.74) is 0. The summed E-state index contributed by atoms with van der Waals surface area (Å²) in [5.74, 6) is 0. The zero-order valence-corrected chi connectivity index (χ0v) is 9.95. The second kappa shape index (κ2) is 4.58. The summed E-state index contributed by atoms with van der Waals surface area (Å²) < 4.78 is 0. The van der Waals surface area contributed by atoms with Crippen LogP contribution >= 0.6 is 0 Å². The van der Waals surface area contributed by atoms with Crippen molar-refractivity contribution in [3.8, 4) is 0 Å². The van der Waals surface area contributed by atoms with Crippen LogP contribution in [-0.4, -0.2) is 82.2 Å². The molecule has 0 saturated carbocycles. The van der Waals surface area contributed by atoms with Gasteiger partial charge in [0.25, 0.3) is 0 Å². The smallest absolute Gasteiger partial charge is 0.0994 e. The molecule has 2 rings (SSSR count). The molecule has 2 aliphatic rings. The lowest BCUT2D eigenvalue weighted by Gasteiger charge is -2.45. The molecule has 2 saturated heterocycles. The Morgan fingerprint density at radius 2 is 1.94 bits per heavy atom. The number of aliphatic hydroxyl groups is 3. The molecule has 5 nitrogen and oxygen atoms in total.